The number of rotatable bonds is 4. The maximum Gasteiger partial charge on any atom is 0.409 e. The first-order valence-electron chi connectivity index (χ1n) is 10.4. The Hall–Kier alpha value is -1.95. The Kier molecular flexibility index (Phi) is 5.80. The Balaban J connectivity index is 1.79. The van der Waals surface area contributed by atoms with Crippen LogP contribution in [0.5, 0.6) is 5.75 Å². The summed E-state index contributed by atoms with van der Waals surface area (Å²) in [6.07, 6.45) is 1.07. The van der Waals surface area contributed by atoms with Crippen LogP contribution < -0.4 is 9.64 Å². The minimum absolute atomic E-state index is 0.211. The van der Waals surface area contributed by atoms with Crippen molar-refractivity contribution in [3.63, 3.8) is 0 Å². The maximum absolute atomic E-state index is 12.2. The Bertz CT molecular complexity index is 752. The highest BCUT2D eigenvalue weighted by Crippen LogP contribution is 2.50. The quantitative estimate of drug-likeness (QED) is 0.791. The number of hydrogen-bond acceptors (Lipinski definition) is 5. The lowest BCUT2D eigenvalue weighted by atomic mass is 9.89. The van der Waals surface area contributed by atoms with E-state index in [1.165, 1.54) is 5.56 Å². The van der Waals surface area contributed by atoms with E-state index < -0.39 is 11.7 Å². The molecule has 6 nitrogen and oxygen atoms in total. The molecular weight excluding hydrogens is 356 g/mol. The van der Waals surface area contributed by atoms with Crippen molar-refractivity contribution in [2.45, 2.75) is 66.1 Å². The van der Waals surface area contributed by atoms with Gasteiger partial charge in [-0.2, -0.15) is 0 Å². The van der Waals surface area contributed by atoms with Crippen molar-refractivity contribution in [3.8, 4) is 5.75 Å². The molecule has 156 valence electrons. The number of piperazine rings is 1. The summed E-state index contributed by atoms with van der Waals surface area (Å²) in [4.78, 5) is 16.3. The molecule has 1 aromatic rings. The Morgan fingerprint density at radius 1 is 1.14 bits per heavy atom. The SMILES string of the molecule is CCCCOC(=O)N1CCN(c2c(C)c(C)c3c(c2C)C(O)C(C)(C)O3)CC1. The van der Waals surface area contributed by atoms with Gasteiger partial charge in [0.25, 0.3) is 0 Å². The predicted octanol–water partition coefficient (Wildman–Crippen LogP) is 3.87. The fraction of sp³-hybridized carbons (Fsp3) is 0.682. The highest BCUT2D eigenvalue weighted by atomic mass is 16.6. The first-order chi connectivity index (χ1) is 13.2. The van der Waals surface area contributed by atoms with Gasteiger partial charge in [0.05, 0.1) is 6.61 Å². The molecule has 1 N–H and O–H groups in total. The highest BCUT2D eigenvalue weighted by Gasteiger charge is 2.43. The number of aliphatic hydroxyl groups excluding tert-OH is 1. The molecule has 2 aliphatic heterocycles. The van der Waals surface area contributed by atoms with Crippen molar-refractivity contribution < 1.29 is 19.4 Å². The van der Waals surface area contributed by atoms with Gasteiger partial charge in [0.1, 0.15) is 17.5 Å². The molecule has 1 aromatic carbocycles. The summed E-state index contributed by atoms with van der Waals surface area (Å²) in [5.74, 6) is 0.828. The van der Waals surface area contributed by atoms with Crippen molar-refractivity contribution in [1.29, 1.82) is 0 Å². The second-order valence-electron chi connectivity index (χ2n) is 8.52. The third-order valence-corrected chi connectivity index (χ3v) is 6.14. The fourth-order valence-corrected chi connectivity index (χ4v) is 4.24. The van der Waals surface area contributed by atoms with Gasteiger partial charge in [-0.1, -0.05) is 13.3 Å². The highest BCUT2D eigenvalue weighted by molar-refractivity contribution is 5.72. The van der Waals surface area contributed by atoms with Crippen molar-refractivity contribution in [2.24, 2.45) is 0 Å². The molecule has 3 rings (SSSR count). The summed E-state index contributed by atoms with van der Waals surface area (Å²) in [5, 5.41) is 10.8. The molecule has 2 aliphatic rings. The number of aliphatic hydroxyl groups is 1. The van der Waals surface area contributed by atoms with Crippen LogP contribution in [0.3, 0.4) is 0 Å². The number of benzene rings is 1. The van der Waals surface area contributed by atoms with Crippen LogP contribution in [0.25, 0.3) is 0 Å². The van der Waals surface area contributed by atoms with Crippen LogP contribution in [0.15, 0.2) is 0 Å². The van der Waals surface area contributed by atoms with Gasteiger partial charge < -0.3 is 24.4 Å². The normalized spacial score (nSPS) is 20.8. The van der Waals surface area contributed by atoms with Gasteiger partial charge in [0.15, 0.2) is 0 Å². The minimum atomic E-state index is -0.643. The average Bonchev–Trinajstić information content (AvgIpc) is 2.90. The van der Waals surface area contributed by atoms with E-state index in [0.717, 1.165) is 54.1 Å². The van der Waals surface area contributed by atoms with Crippen molar-refractivity contribution in [3.05, 3.63) is 22.3 Å². The Morgan fingerprint density at radius 2 is 1.79 bits per heavy atom. The van der Waals surface area contributed by atoms with Crippen LogP contribution in [0.2, 0.25) is 0 Å². The van der Waals surface area contributed by atoms with Crippen LogP contribution in [0.1, 0.15) is 62.0 Å². The van der Waals surface area contributed by atoms with Gasteiger partial charge in [-0.3, -0.25) is 0 Å². The molecule has 0 radical (unpaired) electrons. The number of fused-ring (bicyclic) bond motifs is 1. The number of unbranched alkanes of at least 4 members (excludes halogenated alkanes) is 1. The van der Waals surface area contributed by atoms with E-state index in [-0.39, 0.29) is 6.09 Å². The van der Waals surface area contributed by atoms with E-state index in [9.17, 15) is 9.90 Å². The van der Waals surface area contributed by atoms with Crippen molar-refractivity contribution in [1.82, 2.24) is 4.90 Å². The molecule has 0 spiro atoms. The van der Waals surface area contributed by atoms with E-state index >= 15 is 0 Å². The Morgan fingerprint density at radius 3 is 2.39 bits per heavy atom. The maximum atomic E-state index is 12.2. The number of nitrogens with zero attached hydrogens (tertiary/aromatic N) is 2. The summed E-state index contributed by atoms with van der Waals surface area (Å²) in [6.45, 7) is 15.5. The van der Waals surface area contributed by atoms with Gasteiger partial charge in [0, 0.05) is 37.4 Å². The smallest absolute Gasteiger partial charge is 0.409 e. The topological polar surface area (TPSA) is 62.2 Å². The molecule has 1 atom stereocenters. The summed E-state index contributed by atoms with van der Waals surface area (Å²) < 4.78 is 11.4. The van der Waals surface area contributed by atoms with Crippen LogP contribution in [-0.4, -0.2) is 54.5 Å². The summed E-state index contributed by atoms with van der Waals surface area (Å²) >= 11 is 0. The lowest BCUT2D eigenvalue weighted by Crippen LogP contribution is -2.49. The third kappa shape index (κ3) is 3.54. The number of ether oxygens (including phenoxy) is 2. The first-order valence-corrected chi connectivity index (χ1v) is 10.4. The lowest BCUT2D eigenvalue weighted by molar-refractivity contribution is 0.000144. The van der Waals surface area contributed by atoms with E-state index in [1.54, 1.807) is 4.90 Å². The third-order valence-electron chi connectivity index (χ3n) is 6.14. The van der Waals surface area contributed by atoms with Crippen molar-refractivity contribution in [2.75, 3.05) is 37.7 Å². The fourth-order valence-electron chi connectivity index (χ4n) is 4.24. The minimum Gasteiger partial charge on any atom is -0.484 e. The van der Waals surface area contributed by atoms with Gasteiger partial charge in [0.2, 0.25) is 0 Å². The van der Waals surface area contributed by atoms with Gasteiger partial charge >= 0.3 is 6.09 Å². The van der Waals surface area contributed by atoms with Crippen LogP contribution in [0, 0.1) is 20.8 Å². The summed E-state index contributed by atoms with van der Waals surface area (Å²) in [6, 6.07) is 0. The first kappa shape index (κ1) is 20.8. The number of hydrogen-bond donors (Lipinski definition) is 1. The predicted molar refractivity (Wildman–Crippen MR) is 110 cm³/mol. The van der Waals surface area contributed by atoms with Crippen LogP contribution in [0.4, 0.5) is 10.5 Å². The lowest BCUT2D eigenvalue weighted by Gasteiger charge is -2.37. The molecule has 0 aromatic heterocycles. The molecule has 1 amide bonds. The van der Waals surface area contributed by atoms with E-state index in [4.69, 9.17) is 9.47 Å². The zero-order valence-corrected chi connectivity index (χ0v) is 18.1. The second kappa shape index (κ2) is 7.82. The molecule has 1 fully saturated rings. The van der Waals surface area contributed by atoms with Gasteiger partial charge in [-0.15, -0.1) is 0 Å². The van der Waals surface area contributed by atoms with Crippen LogP contribution >= 0.6 is 0 Å². The average molecular weight is 391 g/mol. The van der Waals surface area contributed by atoms with E-state index in [2.05, 4.69) is 32.6 Å². The van der Waals surface area contributed by atoms with Gasteiger partial charge in [-0.25, -0.2) is 4.79 Å². The molecule has 28 heavy (non-hydrogen) atoms. The zero-order chi connectivity index (χ0) is 20.6. The number of amides is 1. The molecular formula is C22H34N2O4. The van der Waals surface area contributed by atoms with E-state index in [0.29, 0.717) is 19.7 Å². The van der Waals surface area contributed by atoms with Crippen molar-refractivity contribution >= 4 is 11.8 Å². The monoisotopic (exact) mass is 390 g/mol. The number of anilines is 1. The zero-order valence-electron chi connectivity index (χ0n) is 18.1. The molecule has 1 unspecified atom stereocenters. The summed E-state index contributed by atoms with van der Waals surface area (Å²) in [7, 11) is 0. The number of carbonyl (C=O) groups excluding carboxylic acids is 1. The molecule has 0 aliphatic carbocycles. The largest absolute Gasteiger partial charge is 0.484 e. The molecule has 2 heterocycles. The second-order valence-corrected chi connectivity index (χ2v) is 8.52. The summed E-state index contributed by atoms with van der Waals surface area (Å²) in [5.41, 5.74) is 4.79. The van der Waals surface area contributed by atoms with E-state index in [1.807, 2.05) is 13.8 Å². The standard InChI is InChI=1S/C22H34N2O4/c1-7-8-13-27-21(26)24-11-9-23(10-12-24)18-14(2)15(3)19-17(16(18)4)20(25)22(5,6)28-19/h20,25H,7-13H2,1-6H3. The molecule has 0 bridgehead atoms. The molecule has 6 heteroatoms. The Labute approximate surface area is 168 Å². The van der Waals surface area contributed by atoms with Crippen LogP contribution in [-0.2, 0) is 4.74 Å². The molecule has 1 saturated heterocycles. The number of carbonyl (C=O) groups is 1. The molecule has 0 saturated carbocycles. The van der Waals surface area contributed by atoms with Gasteiger partial charge in [-0.05, 0) is 57.7 Å².